The van der Waals surface area contributed by atoms with Crippen LogP contribution >= 0.6 is 0 Å². The third-order valence-corrected chi connectivity index (χ3v) is 4.85. The molecule has 4 nitrogen and oxygen atoms in total. The standard InChI is InChI=1S/C21H26N2O2/c1-15(2)16-8-10-18(11-9-16)25-14-21(24)23-12-19(20(22)13-23)17-6-4-3-5-7-17/h3-11,15,19-20H,12-14,22H2,1-2H3/t19-,20+/m0/s1. The Kier molecular flexibility index (Phi) is 5.39. The van der Waals surface area contributed by atoms with Crippen molar-refractivity contribution in [3.8, 4) is 5.75 Å². The van der Waals surface area contributed by atoms with Crippen molar-refractivity contribution in [3.63, 3.8) is 0 Å². The largest absolute Gasteiger partial charge is 0.484 e. The summed E-state index contributed by atoms with van der Waals surface area (Å²) in [6, 6.07) is 18.1. The highest BCUT2D eigenvalue weighted by Gasteiger charge is 2.33. The molecule has 2 aromatic rings. The van der Waals surface area contributed by atoms with E-state index in [9.17, 15) is 4.79 Å². The summed E-state index contributed by atoms with van der Waals surface area (Å²) in [6.45, 7) is 5.58. The quantitative estimate of drug-likeness (QED) is 0.911. The lowest BCUT2D eigenvalue weighted by Gasteiger charge is -2.17. The number of likely N-dealkylation sites (tertiary alicyclic amines) is 1. The lowest BCUT2D eigenvalue weighted by atomic mass is 9.95. The molecular formula is C21H26N2O2. The van der Waals surface area contributed by atoms with E-state index in [1.807, 2.05) is 47.4 Å². The van der Waals surface area contributed by atoms with Crippen LogP contribution in [0.15, 0.2) is 54.6 Å². The van der Waals surface area contributed by atoms with Crippen molar-refractivity contribution in [2.45, 2.75) is 31.7 Å². The molecule has 132 valence electrons. The van der Waals surface area contributed by atoms with E-state index < -0.39 is 0 Å². The lowest BCUT2D eigenvalue weighted by molar-refractivity contribution is -0.132. The van der Waals surface area contributed by atoms with Gasteiger partial charge in [-0.3, -0.25) is 4.79 Å². The zero-order valence-corrected chi connectivity index (χ0v) is 14.9. The summed E-state index contributed by atoms with van der Waals surface area (Å²) < 4.78 is 5.66. The highest BCUT2D eigenvalue weighted by Crippen LogP contribution is 2.26. The molecule has 1 saturated heterocycles. The van der Waals surface area contributed by atoms with Crippen LogP contribution in [0.25, 0.3) is 0 Å². The molecule has 0 radical (unpaired) electrons. The van der Waals surface area contributed by atoms with Gasteiger partial charge in [-0.2, -0.15) is 0 Å². The third kappa shape index (κ3) is 4.20. The monoisotopic (exact) mass is 338 g/mol. The van der Waals surface area contributed by atoms with E-state index in [0.717, 1.165) is 5.75 Å². The maximum Gasteiger partial charge on any atom is 0.260 e. The fraction of sp³-hybridized carbons (Fsp3) is 0.381. The molecule has 0 aromatic heterocycles. The van der Waals surface area contributed by atoms with Crippen LogP contribution in [0.2, 0.25) is 0 Å². The summed E-state index contributed by atoms with van der Waals surface area (Å²) in [5.41, 5.74) is 8.71. The van der Waals surface area contributed by atoms with Crippen molar-refractivity contribution < 1.29 is 9.53 Å². The van der Waals surface area contributed by atoms with Crippen LogP contribution in [0.4, 0.5) is 0 Å². The zero-order valence-electron chi connectivity index (χ0n) is 14.9. The van der Waals surface area contributed by atoms with Crippen LogP contribution in [0.3, 0.4) is 0 Å². The molecule has 1 fully saturated rings. The predicted octanol–water partition coefficient (Wildman–Crippen LogP) is 3.14. The van der Waals surface area contributed by atoms with Gasteiger partial charge in [0.2, 0.25) is 0 Å². The second-order valence-electron chi connectivity index (χ2n) is 6.99. The number of carbonyl (C=O) groups excluding carboxylic acids is 1. The zero-order chi connectivity index (χ0) is 17.8. The van der Waals surface area contributed by atoms with E-state index in [2.05, 4.69) is 26.0 Å². The molecule has 4 heteroatoms. The molecule has 1 aliphatic rings. The van der Waals surface area contributed by atoms with Gasteiger partial charge in [-0.25, -0.2) is 0 Å². The van der Waals surface area contributed by atoms with Gasteiger partial charge in [0.25, 0.3) is 5.91 Å². The van der Waals surface area contributed by atoms with Gasteiger partial charge in [-0.1, -0.05) is 56.3 Å². The smallest absolute Gasteiger partial charge is 0.260 e. The van der Waals surface area contributed by atoms with Gasteiger partial charge in [0, 0.05) is 25.0 Å². The number of benzene rings is 2. The first-order valence-electron chi connectivity index (χ1n) is 8.85. The molecular weight excluding hydrogens is 312 g/mol. The van der Waals surface area contributed by atoms with Gasteiger partial charge < -0.3 is 15.4 Å². The Labute approximate surface area is 149 Å². The van der Waals surface area contributed by atoms with Gasteiger partial charge >= 0.3 is 0 Å². The molecule has 0 unspecified atom stereocenters. The number of ether oxygens (including phenoxy) is 1. The van der Waals surface area contributed by atoms with Gasteiger partial charge in [0.1, 0.15) is 5.75 Å². The van der Waals surface area contributed by atoms with Crippen molar-refractivity contribution in [3.05, 3.63) is 65.7 Å². The van der Waals surface area contributed by atoms with E-state index in [1.165, 1.54) is 11.1 Å². The molecule has 2 aromatic carbocycles. The first-order valence-corrected chi connectivity index (χ1v) is 8.85. The van der Waals surface area contributed by atoms with E-state index in [1.54, 1.807) is 0 Å². The van der Waals surface area contributed by atoms with Crippen LogP contribution in [0.1, 0.15) is 36.8 Å². The molecule has 25 heavy (non-hydrogen) atoms. The van der Waals surface area contributed by atoms with E-state index in [-0.39, 0.29) is 24.5 Å². The summed E-state index contributed by atoms with van der Waals surface area (Å²) in [6.07, 6.45) is 0. The van der Waals surface area contributed by atoms with E-state index >= 15 is 0 Å². The molecule has 2 N–H and O–H groups in total. The Hall–Kier alpha value is -2.33. The molecule has 1 heterocycles. The van der Waals surface area contributed by atoms with E-state index in [0.29, 0.717) is 19.0 Å². The number of amides is 1. The maximum absolute atomic E-state index is 12.5. The SMILES string of the molecule is CC(C)c1ccc(OCC(=O)N2C[C@@H](N)[C@H](c3ccccc3)C2)cc1. The first-order chi connectivity index (χ1) is 12.0. The minimum atomic E-state index is -0.0309. The van der Waals surface area contributed by atoms with Crippen molar-refractivity contribution in [2.24, 2.45) is 5.73 Å². The topological polar surface area (TPSA) is 55.6 Å². The molecule has 0 bridgehead atoms. The Morgan fingerprint density at radius 3 is 2.44 bits per heavy atom. The average molecular weight is 338 g/mol. The molecule has 0 aliphatic carbocycles. The Morgan fingerprint density at radius 2 is 1.80 bits per heavy atom. The fourth-order valence-electron chi connectivity index (χ4n) is 3.27. The summed E-state index contributed by atoms with van der Waals surface area (Å²) in [7, 11) is 0. The van der Waals surface area contributed by atoms with Crippen LogP contribution in [0.5, 0.6) is 5.75 Å². The van der Waals surface area contributed by atoms with Gasteiger partial charge in [0.15, 0.2) is 6.61 Å². The lowest BCUT2D eigenvalue weighted by Crippen LogP contribution is -2.35. The minimum absolute atomic E-state index is 0.0122. The predicted molar refractivity (Wildman–Crippen MR) is 99.8 cm³/mol. The van der Waals surface area contributed by atoms with Gasteiger partial charge in [-0.05, 0) is 29.2 Å². The number of carbonyl (C=O) groups is 1. The van der Waals surface area contributed by atoms with Gasteiger partial charge in [0.05, 0.1) is 0 Å². The Bertz CT molecular complexity index is 698. The molecule has 2 atom stereocenters. The van der Waals surface area contributed by atoms with Crippen molar-refractivity contribution in [1.82, 2.24) is 4.90 Å². The van der Waals surface area contributed by atoms with Crippen LogP contribution < -0.4 is 10.5 Å². The Morgan fingerprint density at radius 1 is 1.12 bits per heavy atom. The number of nitrogens with zero attached hydrogens (tertiary/aromatic N) is 1. The van der Waals surface area contributed by atoms with Crippen molar-refractivity contribution in [2.75, 3.05) is 19.7 Å². The summed E-state index contributed by atoms with van der Waals surface area (Å²) >= 11 is 0. The van der Waals surface area contributed by atoms with Crippen molar-refractivity contribution >= 4 is 5.91 Å². The van der Waals surface area contributed by atoms with Crippen LogP contribution in [-0.2, 0) is 4.79 Å². The molecule has 1 amide bonds. The number of nitrogens with two attached hydrogens (primary N) is 1. The molecule has 0 saturated carbocycles. The molecule has 3 rings (SSSR count). The van der Waals surface area contributed by atoms with Crippen LogP contribution in [0, 0.1) is 0 Å². The summed E-state index contributed by atoms with van der Waals surface area (Å²) in [5, 5.41) is 0. The molecule has 1 aliphatic heterocycles. The average Bonchev–Trinajstić information content (AvgIpc) is 3.02. The summed E-state index contributed by atoms with van der Waals surface area (Å²) in [4.78, 5) is 14.3. The first kappa shape index (κ1) is 17.5. The third-order valence-electron chi connectivity index (χ3n) is 4.85. The number of rotatable bonds is 5. The van der Waals surface area contributed by atoms with Gasteiger partial charge in [-0.15, -0.1) is 0 Å². The highest BCUT2D eigenvalue weighted by molar-refractivity contribution is 5.78. The normalized spacial score (nSPS) is 20.1. The number of hydrogen-bond acceptors (Lipinski definition) is 3. The second-order valence-corrected chi connectivity index (χ2v) is 6.99. The summed E-state index contributed by atoms with van der Waals surface area (Å²) in [5.74, 6) is 1.38. The van der Waals surface area contributed by atoms with Crippen molar-refractivity contribution in [1.29, 1.82) is 0 Å². The minimum Gasteiger partial charge on any atom is -0.484 e. The van der Waals surface area contributed by atoms with Crippen LogP contribution in [-0.4, -0.2) is 36.5 Å². The fourth-order valence-corrected chi connectivity index (χ4v) is 3.27. The Balaban J connectivity index is 1.55. The highest BCUT2D eigenvalue weighted by atomic mass is 16.5. The molecule has 0 spiro atoms. The maximum atomic E-state index is 12.5. The second kappa shape index (κ2) is 7.70. The number of hydrogen-bond donors (Lipinski definition) is 1. The van der Waals surface area contributed by atoms with E-state index in [4.69, 9.17) is 10.5 Å².